The van der Waals surface area contributed by atoms with Crippen LogP contribution in [0.4, 0.5) is 0 Å². The van der Waals surface area contributed by atoms with Crippen molar-refractivity contribution in [1.82, 2.24) is 9.30 Å². The maximum absolute atomic E-state index is 10.4. The first kappa shape index (κ1) is 23.2. The number of imidazole rings is 1. The highest BCUT2D eigenvalue weighted by Gasteiger charge is 2.20. The molecule has 0 saturated heterocycles. The number of azo groups is 1. The Kier molecular flexibility index (Phi) is 8.66. The lowest BCUT2D eigenvalue weighted by Crippen LogP contribution is -3.00. The second-order valence-corrected chi connectivity index (χ2v) is 6.21. The normalized spacial score (nSPS) is 13.7. The first-order valence-electron chi connectivity index (χ1n) is 9.27. The van der Waals surface area contributed by atoms with Crippen LogP contribution in [0.25, 0.3) is 11.0 Å². The number of fused-ring (bicyclic) bond motifs is 1. The molecule has 3 N–H and O–H groups in total. The van der Waals surface area contributed by atoms with E-state index in [1.807, 2.05) is 31.3 Å². The second kappa shape index (κ2) is 11.2. The van der Waals surface area contributed by atoms with E-state index in [0.29, 0.717) is 35.3 Å². The molecule has 0 aliphatic heterocycles. The fourth-order valence-corrected chi connectivity index (χ4v) is 2.76. The van der Waals surface area contributed by atoms with Crippen LogP contribution in [0, 0.1) is 0 Å². The monoisotopic (exact) mass is 433 g/mol. The number of para-hydroxylation sites is 2. The van der Waals surface area contributed by atoms with Gasteiger partial charge in [-0.3, -0.25) is 0 Å². The molecule has 160 valence electrons. The smallest absolute Gasteiger partial charge is 0.287 e. The zero-order chi connectivity index (χ0) is 20.6. The van der Waals surface area contributed by atoms with Gasteiger partial charge in [0.05, 0.1) is 6.61 Å². The topological polar surface area (TPSA) is 124 Å². The van der Waals surface area contributed by atoms with Crippen molar-refractivity contribution >= 4 is 16.9 Å². The Balaban J connectivity index is 0.00000320. The summed E-state index contributed by atoms with van der Waals surface area (Å²) in [5.41, 5.74) is 1.85. The first-order valence-corrected chi connectivity index (χ1v) is 9.27. The molecular formula is C19H24ClN7O3. The highest BCUT2D eigenvalue weighted by Crippen LogP contribution is 2.10. The summed E-state index contributed by atoms with van der Waals surface area (Å²) in [5.74, 6) is 0.409. The molecule has 3 aromatic rings. The summed E-state index contributed by atoms with van der Waals surface area (Å²) in [6.45, 7) is 2.29. The lowest BCUT2D eigenvalue weighted by molar-refractivity contribution is -0.735. The molecule has 0 spiro atoms. The third-order valence-electron chi connectivity index (χ3n) is 4.23. The van der Waals surface area contributed by atoms with E-state index >= 15 is 0 Å². The number of aliphatic hydroxyl groups is 2. The van der Waals surface area contributed by atoms with Crippen molar-refractivity contribution in [3.8, 4) is 0 Å². The van der Waals surface area contributed by atoms with E-state index in [-0.39, 0.29) is 25.6 Å². The number of hydrogen-bond acceptors (Lipinski definition) is 6. The first-order chi connectivity index (χ1) is 14.1. The zero-order valence-corrected chi connectivity index (χ0v) is 17.2. The predicted octanol–water partition coefficient (Wildman–Crippen LogP) is -1.77. The molecule has 30 heavy (non-hydrogen) atoms. The molecule has 0 radical (unpaired) electrons. The highest BCUT2D eigenvalue weighted by molar-refractivity contribution is 5.81. The molecule has 2 aromatic heterocycles. The van der Waals surface area contributed by atoms with E-state index in [0.717, 1.165) is 4.73 Å². The molecule has 1 aromatic carbocycles. The van der Waals surface area contributed by atoms with Gasteiger partial charge in [0.25, 0.3) is 6.33 Å². The molecule has 11 heteroatoms. The van der Waals surface area contributed by atoms with E-state index in [4.69, 9.17) is 5.11 Å². The van der Waals surface area contributed by atoms with Gasteiger partial charge in [0.2, 0.25) is 11.7 Å². The van der Waals surface area contributed by atoms with Crippen LogP contribution in [0.5, 0.6) is 0 Å². The minimum Gasteiger partial charge on any atom is -1.00 e. The number of hydrogen-bond donors (Lipinski definition) is 3. The van der Waals surface area contributed by atoms with Crippen LogP contribution in [-0.4, -0.2) is 43.7 Å². The highest BCUT2D eigenvalue weighted by atomic mass is 35.5. The minimum absolute atomic E-state index is 0. The van der Waals surface area contributed by atoms with E-state index in [1.54, 1.807) is 28.8 Å². The number of nitrogens with zero attached hydrogens (tertiary/aromatic N) is 7. The van der Waals surface area contributed by atoms with Gasteiger partial charge in [-0.1, -0.05) is 25.1 Å². The van der Waals surface area contributed by atoms with Gasteiger partial charge < -0.3 is 32.4 Å². The Morgan fingerprint density at radius 2 is 1.93 bits per heavy atom. The number of aliphatic hydroxyl groups excluding tert-OH is 2. The van der Waals surface area contributed by atoms with Crippen LogP contribution < -0.4 is 22.5 Å². The van der Waals surface area contributed by atoms with Crippen molar-refractivity contribution < 1.29 is 32.4 Å². The number of benzene rings is 1. The third kappa shape index (κ3) is 5.50. The minimum atomic E-state index is -0.993. The maximum atomic E-state index is 10.4. The van der Waals surface area contributed by atoms with Crippen molar-refractivity contribution in [2.45, 2.75) is 26.1 Å². The summed E-state index contributed by atoms with van der Waals surface area (Å²) in [4.78, 5) is 0. The van der Waals surface area contributed by atoms with Crippen molar-refractivity contribution in [2.24, 2.45) is 20.4 Å². The summed E-state index contributed by atoms with van der Waals surface area (Å²) >= 11 is 0. The lowest BCUT2D eigenvalue weighted by Gasteiger charge is -2.03. The van der Waals surface area contributed by atoms with Gasteiger partial charge in [0, 0.05) is 19.2 Å². The molecule has 1 unspecified atom stereocenters. The summed E-state index contributed by atoms with van der Waals surface area (Å²) < 4.78 is 4.25. The van der Waals surface area contributed by atoms with Crippen LogP contribution in [0.15, 0.2) is 75.4 Å². The molecule has 0 aliphatic carbocycles. The molecule has 0 bridgehead atoms. The number of rotatable bonds is 7. The van der Waals surface area contributed by atoms with Crippen LogP contribution in [-0.2, 0) is 6.54 Å². The van der Waals surface area contributed by atoms with Crippen molar-refractivity contribution in [3.63, 3.8) is 0 Å². The molecule has 0 fully saturated rings. The van der Waals surface area contributed by atoms with Crippen LogP contribution >= 0.6 is 0 Å². The molecule has 10 nitrogen and oxygen atoms in total. The summed E-state index contributed by atoms with van der Waals surface area (Å²) in [5, 5.41) is 45.9. The van der Waals surface area contributed by atoms with Gasteiger partial charge in [-0.2, -0.15) is 9.68 Å². The molecule has 0 amide bonds. The van der Waals surface area contributed by atoms with Gasteiger partial charge in [-0.15, -0.1) is 15.3 Å². The summed E-state index contributed by atoms with van der Waals surface area (Å²) in [7, 11) is 0. The Morgan fingerprint density at radius 1 is 1.17 bits per heavy atom. The largest absolute Gasteiger partial charge is 1.00 e. The second-order valence-electron chi connectivity index (χ2n) is 6.21. The SMILES string of the molecule is CCC(N=NCC(O)[n+]1cn(O)c2ccccc21)=NN=c1ccccn1CCO.[Cl-]. The van der Waals surface area contributed by atoms with Crippen LogP contribution in [0.3, 0.4) is 0 Å². The maximum Gasteiger partial charge on any atom is 0.287 e. The van der Waals surface area contributed by atoms with Crippen molar-refractivity contribution in [3.05, 3.63) is 60.5 Å². The quantitative estimate of drug-likeness (QED) is 0.102. The lowest BCUT2D eigenvalue weighted by atomic mass is 10.3. The Morgan fingerprint density at radius 3 is 2.70 bits per heavy atom. The zero-order valence-electron chi connectivity index (χ0n) is 16.5. The van der Waals surface area contributed by atoms with Crippen LogP contribution in [0.2, 0.25) is 0 Å². The molecule has 1 atom stereocenters. The standard InChI is InChI=1S/C19H24N7O3.ClH/c1-2-17(22-23-18-9-5-6-10-24(18)11-12-27)21-20-13-19(28)25-14-26(29)16-8-4-3-7-15(16)25;/h3-10,14,19,27-29H,2,11-13H2,1H3;1H/q+1;/p-1. The van der Waals surface area contributed by atoms with E-state index in [9.17, 15) is 10.3 Å². The fraction of sp³-hybridized carbons (Fsp3) is 0.316. The Hall–Kier alpha value is -3.08. The van der Waals surface area contributed by atoms with Gasteiger partial charge in [-0.05, 0) is 29.0 Å². The Bertz CT molecular complexity index is 1090. The van der Waals surface area contributed by atoms with Crippen molar-refractivity contribution in [1.29, 1.82) is 0 Å². The summed E-state index contributed by atoms with van der Waals surface area (Å²) in [6, 6.07) is 12.6. The average Bonchev–Trinajstić information content (AvgIpc) is 3.08. The van der Waals surface area contributed by atoms with Gasteiger partial charge in [0.1, 0.15) is 6.54 Å². The van der Waals surface area contributed by atoms with Gasteiger partial charge >= 0.3 is 0 Å². The van der Waals surface area contributed by atoms with Gasteiger partial charge in [0.15, 0.2) is 16.8 Å². The molecule has 0 saturated carbocycles. The number of halogens is 1. The molecule has 3 rings (SSSR count). The number of pyridine rings is 1. The van der Waals surface area contributed by atoms with E-state index in [1.165, 1.54) is 10.9 Å². The van der Waals surface area contributed by atoms with E-state index in [2.05, 4.69) is 20.4 Å². The van der Waals surface area contributed by atoms with Gasteiger partial charge in [-0.25, -0.2) is 0 Å². The molecular weight excluding hydrogens is 410 g/mol. The molecule has 0 aliphatic rings. The van der Waals surface area contributed by atoms with E-state index < -0.39 is 6.23 Å². The molecule has 2 heterocycles. The fourth-order valence-electron chi connectivity index (χ4n) is 2.76. The van der Waals surface area contributed by atoms with Crippen molar-refractivity contribution in [2.75, 3.05) is 13.2 Å². The number of aromatic nitrogens is 3. The number of amidine groups is 1. The van der Waals surface area contributed by atoms with Crippen LogP contribution in [0.1, 0.15) is 19.6 Å². The predicted molar refractivity (Wildman–Crippen MR) is 105 cm³/mol. The average molecular weight is 434 g/mol. The Labute approximate surface area is 179 Å². The third-order valence-corrected chi connectivity index (χ3v) is 4.23. The summed E-state index contributed by atoms with van der Waals surface area (Å²) in [6.07, 6.45) is 2.72.